The van der Waals surface area contributed by atoms with E-state index in [0.717, 1.165) is 21.5 Å². The summed E-state index contributed by atoms with van der Waals surface area (Å²) < 4.78 is 6.93. The molecule has 0 heterocycles. The maximum atomic E-state index is 9.16. The number of hydrogen-bond acceptors (Lipinski definition) is 2. The fourth-order valence-electron chi connectivity index (χ4n) is 2.16. The van der Waals surface area contributed by atoms with E-state index >= 15 is 0 Å². The minimum absolute atomic E-state index is 0.0128. The summed E-state index contributed by atoms with van der Waals surface area (Å²) in [5.74, 6) is 1.62. The molecule has 3 heteroatoms. The van der Waals surface area contributed by atoms with E-state index < -0.39 is 0 Å². The number of aliphatic hydroxyl groups excluding tert-OH is 1. The lowest BCUT2D eigenvalue weighted by Gasteiger charge is -2.23. The zero-order valence-electron chi connectivity index (χ0n) is 12.9. The Morgan fingerprint density at radius 1 is 1.05 bits per heavy atom. The largest absolute Gasteiger partial charge is 0.456 e. The molecule has 0 amide bonds. The monoisotopic (exact) mass is 348 g/mol. The normalized spacial score (nSPS) is 11.5. The SMILES string of the molecule is Cc1ccc(Oc2ccc(CO)cc2Br)c(C(C)(C)C)c1. The molecule has 0 saturated carbocycles. The second-order valence-electron chi connectivity index (χ2n) is 6.27. The summed E-state index contributed by atoms with van der Waals surface area (Å²) in [4.78, 5) is 0. The molecule has 0 atom stereocenters. The smallest absolute Gasteiger partial charge is 0.141 e. The fraction of sp³-hybridized carbons (Fsp3) is 0.333. The number of benzene rings is 2. The van der Waals surface area contributed by atoms with Crippen LogP contribution in [-0.4, -0.2) is 5.11 Å². The van der Waals surface area contributed by atoms with Crippen LogP contribution in [-0.2, 0) is 12.0 Å². The summed E-state index contributed by atoms with van der Waals surface area (Å²) in [6, 6.07) is 11.9. The van der Waals surface area contributed by atoms with Crippen LogP contribution in [0.1, 0.15) is 37.5 Å². The summed E-state index contributed by atoms with van der Waals surface area (Å²) >= 11 is 3.50. The highest BCUT2D eigenvalue weighted by atomic mass is 79.9. The Morgan fingerprint density at radius 3 is 2.29 bits per heavy atom. The maximum Gasteiger partial charge on any atom is 0.141 e. The molecule has 1 N–H and O–H groups in total. The molecule has 2 rings (SSSR count). The van der Waals surface area contributed by atoms with Crippen molar-refractivity contribution in [2.24, 2.45) is 0 Å². The van der Waals surface area contributed by atoms with Gasteiger partial charge in [0.05, 0.1) is 11.1 Å². The van der Waals surface area contributed by atoms with E-state index in [4.69, 9.17) is 9.84 Å². The average Bonchev–Trinajstić information content (AvgIpc) is 2.41. The predicted molar refractivity (Wildman–Crippen MR) is 90.0 cm³/mol. The van der Waals surface area contributed by atoms with Crippen LogP contribution in [0.5, 0.6) is 11.5 Å². The van der Waals surface area contributed by atoms with Crippen LogP contribution in [0, 0.1) is 6.92 Å². The molecule has 2 nitrogen and oxygen atoms in total. The first-order valence-electron chi connectivity index (χ1n) is 6.99. The molecule has 0 fully saturated rings. The van der Waals surface area contributed by atoms with E-state index in [1.54, 1.807) is 0 Å². The summed E-state index contributed by atoms with van der Waals surface area (Å²) in [6.45, 7) is 8.65. The lowest BCUT2D eigenvalue weighted by Crippen LogP contribution is -2.12. The molecule has 0 aromatic heterocycles. The van der Waals surface area contributed by atoms with Gasteiger partial charge >= 0.3 is 0 Å². The number of halogens is 1. The molecule has 0 spiro atoms. The molecule has 2 aromatic carbocycles. The molecule has 2 aromatic rings. The van der Waals surface area contributed by atoms with E-state index in [-0.39, 0.29) is 12.0 Å². The van der Waals surface area contributed by atoms with Crippen molar-refractivity contribution >= 4 is 15.9 Å². The molecule has 0 bridgehead atoms. The van der Waals surface area contributed by atoms with Crippen LogP contribution < -0.4 is 4.74 Å². The van der Waals surface area contributed by atoms with Gasteiger partial charge in [0.25, 0.3) is 0 Å². The zero-order chi connectivity index (χ0) is 15.6. The van der Waals surface area contributed by atoms with E-state index in [2.05, 4.69) is 55.8 Å². The van der Waals surface area contributed by atoms with Gasteiger partial charge in [0.1, 0.15) is 11.5 Å². The van der Waals surface area contributed by atoms with Gasteiger partial charge in [-0.3, -0.25) is 0 Å². The average molecular weight is 349 g/mol. The van der Waals surface area contributed by atoms with Crippen LogP contribution >= 0.6 is 15.9 Å². The van der Waals surface area contributed by atoms with Crippen molar-refractivity contribution in [2.45, 2.75) is 39.7 Å². The quantitative estimate of drug-likeness (QED) is 0.811. The second-order valence-corrected chi connectivity index (χ2v) is 7.13. The molecular weight excluding hydrogens is 328 g/mol. The Hall–Kier alpha value is -1.32. The summed E-state index contributed by atoms with van der Waals surface area (Å²) in [5, 5.41) is 9.16. The lowest BCUT2D eigenvalue weighted by atomic mass is 9.85. The van der Waals surface area contributed by atoms with Crippen molar-refractivity contribution in [3.8, 4) is 11.5 Å². The maximum absolute atomic E-state index is 9.16. The van der Waals surface area contributed by atoms with Crippen LogP contribution in [0.2, 0.25) is 0 Å². The minimum Gasteiger partial charge on any atom is -0.456 e. The Morgan fingerprint density at radius 2 is 1.71 bits per heavy atom. The van der Waals surface area contributed by atoms with Gasteiger partial charge in [-0.1, -0.05) is 44.5 Å². The molecule has 0 saturated heterocycles. The van der Waals surface area contributed by atoms with Gasteiger partial charge in [-0.05, 0) is 52.0 Å². The Balaban J connectivity index is 2.40. The van der Waals surface area contributed by atoms with Crippen molar-refractivity contribution in [3.05, 3.63) is 57.6 Å². The van der Waals surface area contributed by atoms with Crippen LogP contribution in [0.3, 0.4) is 0 Å². The molecule has 0 unspecified atom stereocenters. The third-order valence-corrected chi connectivity index (χ3v) is 3.96. The van der Waals surface area contributed by atoms with Crippen LogP contribution in [0.4, 0.5) is 0 Å². The van der Waals surface area contributed by atoms with Crippen LogP contribution in [0.15, 0.2) is 40.9 Å². The number of aliphatic hydroxyl groups is 1. The Kier molecular flexibility index (Phi) is 4.74. The summed E-state index contributed by atoms with van der Waals surface area (Å²) in [5.41, 5.74) is 3.27. The van der Waals surface area contributed by atoms with Crippen molar-refractivity contribution in [3.63, 3.8) is 0 Å². The number of ether oxygens (including phenoxy) is 1. The highest BCUT2D eigenvalue weighted by Crippen LogP contribution is 2.37. The Bertz CT molecular complexity index is 642. The predicted octanol–water partition coefficient (Wildman–Crippen LogP) is 5.34. The summed E-state index contributed by atoms with van der Waals surface area (Å²) in [6.07, 6.45) is 0. The highest BCUT2D eigenvalue weighted by molar-refractivity contribution is 9.10. The summed E-state index contributed by atoms with van der Waals surface area (Å²) in [7, 11) is 0. The van der Waals surface area contributed by atoms with Crippen molar-refractivity contribution in [1.82, 2.24) is 0 Å². The first-order valence-corrected chi connectivity index (χ1v) is 7.79. The van der Waals surface area contributed by atoms with Gasteiger partial charge in [-0.2, -0.15) is 0 Å². The Labute approximate surface area is 134 Å². The van der Waals surface area contributed by atoms with Gasteiger partial charge in [0, 0.05) is 5.56 Å². The lowest BCUT2D eigenvalue weighted by molar-refractivity contribution is 0.281. The minimum atomic E-state index is 0.0128. The second kappa shape index (κ2) is 6.20. The number of rotatable bonds is 3. The number of aryl methyl sites for hydroxylation is 1. The third-order valence-electron chi connectivity index (χ3n) is 3.34. The topological polar surface area (TPSA) is 29.5 Å². The van der Waals surface area contributed by atoms with E-state index in [1.165, 1.54) is 11.1 Å². The van der Waals surface area contributed by atoms with Crippen molar-refractivity contribution < 1.29 is 9.84 Å². The van der Waals surface area contributed by atoms with E-state index in [1.807, 2.05) is 24.3 Å². The van der Waals surface area contributed by atoms with Crippen molar-refractivity contribution in [2.75, 3.05) is 0 Å². The van der Waals surface area contributed by atoms with Gasteiger partial charge in [0.2, 0.25) is 0 Å². The van der Waals surface area contributed by atoms with E-state index in [9.17, 15) is 0 Å². The van der Waals surface area contributed by atoms with E-state index in [0.29, 0.717) is 0 Å². The molecule has 112 valence electrons. The molecule has 0 aliphatic rings. The van der Waals surface area contributed by atoms with Gasteiger partial charge in [-0.15, -0.1) is 0 Å². The fourth-order valence-corrected chi connectivity index (χ4v) is 2.67. The van der Waals surface area contributed by atoms with Crippen LogP contribution in [0.25, 0.3) is 0 Å². The molecule has 0 radical (unpaired) electrons. The third kappa shape index (κ3) is 3.86. The molecule has 0 aliphatic carbocycles. The number of hydrogen-bond donors (Lipinski definition) is 1. The molecular formula is C18H21BrO2. The molecule has 0 aliphatic heterocycles. The first-order chi connectivity index (χ1) is 9.81. The van der Waals surface area contributed by atoms with Crippen molar-refractivity contribution in [1.29, 1.82) is 0 Å². The van der Waals surface area contributed by atoms with Gasteiger partial charge in [0.15, 0.2) is 0 Å². The van der Waals surface area contributed by atoms with Gasteiger partial charge in [-0.25, -0.2) is 0 Å². The standard InChI is InChI=1S/C18H21BrO2/c1-12-5-7-16(14(9-12)18(2,3)4)21-17-8-6-13(11-20)10-15(17)19/h5-10,20H,11H2,1-4H3. The first kappa shape index (κ1) is 16.1. The highest BCUT2D eigenvalue weighted by Gasteiger charge is 2.20. The zero-order valence-corrected chi connectivity index (χ0v) is 14.5. The van der Waals surface area contributed by atoms with Gasteiger partial charge < -0.3 is 9.84 Å². The molecule has 21 heavy (non-hydrogen) atoms.